The Morgan fingerprint density at radius 3 is 1.86 bits per heavy atom. The third-order valence-electron chi connectivity index (χ3n) is 6.05. The van der Waals surface area contributed by atoms with Crippen LogP contribution < -0.4 is 4.74 Å². The zero-order valence-electron chi connectivity index (χ0n) is 20.7. The number of ketones is 1. The molecule has 2 heterocycles. The first kappa shape index (κ1) is 30.4. The molecule has 9 nitrogen and oxygen atoms in total. The molecule has 0 aliphatic carbocycles. The molecule has 1 aliphatic heterocycles. The standard InChI is InChI=1S/C28H13Br4ClN2O7/c29-21-19-20(22(30)24(32)23(21)31)27(39)35(26(19)38)34(25(37)14-3-7-15(33)8-4-14)12-17(36)13-5-9-16(10-6-13)42-28(40)18-2-1-11-41-18/h1-11H,12H2. The van der Waals surface area contributed by atoms with E-state index in [1.807, 2.05) is 0 Å². The zero-order chi connectivity index (χ0) is 30.3. The van der Waals surface area contributed by atoms with Crippen LogP contribution in [-0.2, 0) is 0 Å². The number of amides is 3. The Hall–Kier alpha value is -3.10. The van der Waals surface area contributed by atoms with Crippen molar-refractivity contribution in [3.63, 3.8) is 0 Å². The summed E-state index contributed by atoms with van der Waals surface area (Å²) in [4.78, 5) is 66.6. The highest BCUT2D eigenvalue weighted by Gasteiger charge is 2.46. The fraction of sp³-hybridized carbons (Fsp3) is 0.0357. The van der Waals surface area contributed by atoms with E-state index in [1.54, 1.807) is 6.07 Å². The second kappa shape index (κ2) is 12.3. The Labute approximate surface area is 276 Å². The molecule has 0 unspecified atom stereocenters. The number of furan rings is 1. The van der Waals surface area contributed by atoms with Crippen LogP contribution in [0.5, 0.6) is 5.75 Å². The maximum Gasteiger partial charge on any atom is 0.379 e. The van der Waals surface area contributed by atoms with Crippen molar-refractivity contribution in [2.75, 3.05) is 6.54 Å². The van der Waals surface area contributed by atoms with E-state index >= 15 is 0 Å². The number of carbonyl (C=O) groups excluding carboxylic acids is 5. The highest BCUT2D eigenvalue weighted by molar-refractivity contribution is 9.15. The number of imide groups is 1. The Morgan fingerprint density at radius 2 is 1.33 bits per heavy atom. The molecular weight excluding hydrogens is 831 g/mol. The molecule has 0 saturated heterocycles. The van der Waals surface area contributed by atoms with Gasteiger partial charge in [-0.2, -0.15) is 5.01 Å². The highest BCUT2D eigenvalue weighted by Crippen LogP contribution is 2.45. The second-order valence-electron chi connectivity index (χ2n) is 8.61. The fourth-order valence-corrected chi connectivity index (χ4v) is 6.60. The largest absolute Gasteiger partial charge is 0.457 e. The number of esters is 1. The van der Waals surface area contributed by atoms with Crippen molar-refractivity contribution in [3.8, 4) is 5.75 Å². The molecule has 3 amide bonds. The second-order valence-corrected chi connectivity index (χ2v) is 12.2. The van der Waals surface area contributed by atoms with Crippen LogP contribution in [0.1, 0.15) is 52.0 Å². The molecule has 0 saturated carbocycles. The number of nitrogens with zero attached hydrogens (tertiary/aromatic N) is 2. The van der Waals surface area contributed by atoms with E-state index in [0.717, 1.165) is 5.01 Å². The van der Waals surface area contributed by atoms with Crippen LogP contribution in [0, 0.1) is 0 Å². The molecule has 0 bridgehead atoms. The molecule has 14 heteroatoms. The SMILES string of the molecule is O=C(CN(C(=O)c1ccc(Cl)cc1)N1C(=O)c2c(Br)c(Br)c(Br)c(Br)c2C1=O)c1ccc(OC(=O)c2ccco2)cc1. The molecule has 1 aromatic heterocycles. The van der Waals surface area contributed by atoms with E-state index in [-0.39, 0.29) is 33.8 Å². The Morgan fingerprint density at radius 1 is 0.786 bits per heavy atom. The topological polar surface area (TPSA) is 114 Å². The number of hydrazine groups is 1. The number of ether oxygens (including phenoxy) is 1. The van der Waals surface area contributed by atoms with Crippen molar-refractivity contribution in [3.05, 3.63) is 118 Å². The number of Topliss-reactive ketones (excluding diaryl/α,β-unsaturated/α-hetero) is 1. The molecule has 1 aliphatic rings. The molecule has 0 spiro atoms. The lowest BCUT2D eigenvalue weighted by Gasteiger charge is -2.29. The van der Waals surface area contributed by atoms with Crippen molar-refractivity contribution in [2.24, 2.45) is 0 Å². The van der Waals surface area contributed by atoms with Gasteiger partial charge in [-0.1, -0.05) is 11.6 Å². The number of fused-ring (bicyclic) bond motifs is 1. The van der Waals surface area contributed by atoms with Crippen LogP contribution in [-0.4, -0.2) is 46.0 Å². The molecule has 0 radical (unpaired) electrons. The minimum absolute atomic E-state index is 0.00443. The van der Waals surface area contributed by atoms with Crippen molar-refractivity contribution >= 4 is 105 Å². The van der Waals surface area contributed by atoms with Gasteiger partial charge in [0.05, 0.1) is 17.4 Å². The van der Waals surface area contributed by atoms with Gasteiger partial charge in [0.15, 0.2) is 5.78 Å². The summed E-state index contributed by atoms with van der Waals surface area (Å²) < 4.78 is 11.8. The summed E-state index contributed by atoms with van der Waals surface area (Å²) in [7, 11) is 0. The number of carbonyl (C=O) groups is 5. The van der Waals surface area contributed by atoms with Crippen LogP contribution in [0.4, 0.5) is 0 Å². The lowest BCUT2D eigenvalue weighted by molar-refractivity contribution is 0.00526. The summed E-state index contributed by atoms with van der Waals surface area (Å²) in [5, 5.41) is 1.81. The number of hydrogen-bond acceptors (Lipinski definition) is 7. The molecule has 0 N–H and O–H groups in total. The summed E-state index contributed by atoms with van der Waals surface area (Å²) in [5.41, 5.74) is 0.229. The molecule has 212 valence electrons. The first-order valence-electron chi connectivity index (χ1n) is 11.7. The van der Waals surface area contributed by atoms with Gasteiger partial charge >= 0.3 is 5.97 Å². The minimum Gasteiger partial charge on any atom is -0.457 e. The van der Waals surface area contributed by atoms with E-state index in [0.29, 0.717) is 27.9 Å². The lowest BCUT2D eigenvalue weighted by atomic mass is 10.1. The first-order chi connectivity index (χ1) is 20.0. The molecule has 42 heavy (non-hydrogen) atoms. The number of hydrogen-bond donors (Lipinski definition) is 0. The summed E-state index contributed by atoms with van der Waals surface area (Å²) in [6.07, 6.45) is 1.33. The molecule has 3 aromatic carbocycles. The van der Waals surface area contributed by atoms with E-state index in [1.165, 1.54) is 60.9 Å². The van der Waals surface area contributed by atoms with Gasteiger partial charge in [0.1, 0.15) is 12.3 Å². The first-order valence-corrected chi connectivity index (χ1v) is 15.3. The fourth-order valence-electron chi connectivity index (χ4n) is 4.02. The van der Waals surface area contributed by atoms with Crippen LogP contribution in [0.15, 0.2) is 89.2 Å². The van der Waals surface area contributed by atoms with E-state index in [2.05, 4.69) is 63.7 Å². The quantitative estimate of drug-likeness (QED) is 0.0467. The smallest absolute Gasteiger partial charge is 0.379 e. The highest BCUT2D eigenvalue weighted by atomic mass is 79.9. The molecule has 0 fully saturated rings. The summed E-state index contributed by atoms with van der Waals surface area (Å²) in [6, 6.07) is 14.3. The Bertz CT molecular complexity index is 1730. The maximum absolute atomic E-state index is 13.7. The van der Waals surface area contributed by atoms with Gasteiger partial charge in [-0.15, -0.1) is 0 Å². The van der Waals surface area contributed by atoms with Crippen LogP contribution in [0.25, 0.3) is 0 Å². The van der Waals surface area contributed by atoms with Gasteiger partial charge in [-0.05, 0) is 124 Å². The van der Waals surface area contributed by atoms with Gasteiger partial charge in [0, 0.05) is 34.0 Å². The normalized spacial score (nSPS) is 12.4. The third-order valence-corrected chi connectivity index (χ3v) is 11.1. The number of rotatable bonds is 7. The van der Waals surface area contributed by atoms with Gasteiger partial charge in [-0.25, -0.2) is 9.80 Å². The zero-order valence-corrected chi connectivity index (χ0v) is 27.8. The van der Waals surface area contributed by atoms with Gasteiger partial charge < -0.3 is 9.15 Å². The van der Waals surface area contributed by atoms with Crippen LogP contribution in [0.2, 0.25) is 5.02 Å². The molecule has 4 aromatic rings. The third kappa shape index (κ3) is 5.63. The van der Waals surface area contributed by atoms with Crippen molar-refractivity contribution in [1.82, 2.24) is 10.0 Å². The van der Waals surface area contributed by atoms with Crippen LogP contribution >= 0.6 is 75.3 Å². The minimum atomic E-state index is -0.814. The molecular formula is C28H13Br4ClN2O7. The van der Waals surface area contributed by atoms with E-state index in [9.17, 15) is 24.0 Å². The molecule has 5 rings (SSSR count). The number of halogens is 5. The van der Waals surface area contributed by atoms with Crippen molar-refractivity contribution in [2.45, 2.75) is 0 Å². The van der Waals surface area contributed by atoms with Crippen molar-refractivity contribution < 1.29 is 33.1 Å². The predicted molar refractivity (Wildman–Crippen MR) is 165 cm³/mol. The van der Waals surface area contributed by atoms with Crippen LogP contribution in [0.3, 0.4) is 0 Å². The Balaban J connectivity index is 1.47. The predicted octanol–water partition coefficient (Wildman–Crippen LogP) is 7.74. The number of benzene rings is 3. The average molecular weight is 844 g/mol. The molecule has 0 atom stereocenters. The van der Waals surface area contributed by atoms with Gasteiger partial charge in [-0.3, -0.25) is 19.2 Å². The monoisotopic (exact) mass is 840 g/mol. The lowest BCUT2D eigenvalue weighted by Crippen LogP contribution is -2.51. The van der Waals surface area contributed by atoms with E-state index in [4.69, 9.17) is 20.8 Å². The Kier molecular flexibility index (Phi) is 8.86. The van der Waals surface area contributed by atoms with Crippen molar-refractivity contribution in [1.29, 1.82) is 0 Å². The summed E-state index contributed by atoms with van der Waals surface area (Å²) in [6.45, 7) is -0.671. The van der Waals surface area contributed by atoms with Gasteiger partial charge in [0.2, 0.25) is 5.76 Å². The summed E-state index contributed by atoms with van der Waals surface area (Å²) in [5.74, 6) is -3.59. The summed E-state index contributed by atoms with van der Waals surface area (Å²) >= 11 is 19.4. The van der Waals surface area contributed by atoms with Gasteiger partial charge in [0.25, 0.3) is 17.7 Å². The van der Waals surface area contributed by atoms with E-state index < -0.39 is 36.0 Å². The average Bonchev–Trinajstić information content (AvgIpc) is 3.61. The maximum atomic E-state index is 13.7.